The van der Waals surface area contributed by atoms with Crippen LogP contribution >= 0.6 is 0 Å². The van der Waals surface area contributed by atoms with Crippen LogP contribution in [0.2, 0.25) is 0 Å². The predicted molar refractivity (Wildman–Crippen MR) is 71.4 cm³/mol. The van der Waals surface area contributed by atoms with E-state index < -0.39 is 16.4 Å². The quantitative estimate of drug-likeness (QED) is 0.633. The van der Waals surface area contributed by atoms with Crippen molar-refractivity contribution < 1.29 is 14.1 Å². The third-order valence-corrected chi connectivity index (χ3v) is 3.53. The Bertz CT molecular complexity index is 672. The van der Waals surface area contributed by atoms with Crippen LogP contribution in [0.5, 0.6) is 5.75 Å². The van der Waals surface area contributed by atoms with E-state index in [2.05, 4.69) is 12.1 Å². The van der Waals surface area contributed by atoms with Gasteiger partial charge in [0.15, 0.2) is 0 Å². The molecule has 0 amide bonds. The number of ether oxygens (including phenoxy) is 1. The van der Waals surface area contributed by atoms with Crippen molar-refractivity contribution in [2.45, 2.75) is 12.3 Å². The largest absolute Gasteiger partial charge is 0.493 e. The van der Waals surface area contributed by atoms with Gasteiger partial charge in [-0.1, -0.05) is 24.3 Å². The molecule has 1 unspecified atom stereocenters. The molecule has 2 aromatic carbocycles. The molecule has 0 fully saturated rings. The maximum atomic E-state index is 13.4. The van der Waals surface area contributed by atoms with E-state index in [1.54, 1.807) is 0 Å². The number of hydrogen-bond acceptors (Lipinski definition) is 3. The first-order chi connectivity index (χ1) is 9.65. The summed E-state index contributed by atoms with van der Waals surface area (Å²) in [5.41, 5.74) is 2.04. The third-order valence-electron chi connectivity index (χ3n) is 3.53. The molecular formula is C15H12FNO3. The second-order valence-electron chi connectivity index (χ2n) is 4.78. The predicted octanol–water partition coefficient (Wildman–Crippen LogP) is 3.45. The molecule has 0 saturated heterocycles. The van der Waals surface area contributed by atoms with Crippen LogP contribution in [0.4, 0.5) is 10.1 Å². The minimum atomic E-state index is -0.874. The highest BCUT2D eigenvalue weighted by Gasteiger charge is 2.26. The van der Waals surface area contributed by atoms with Gasteiger partial charge in [-0.25, -0.2) is 0 Å². The number of halogens is 1. The average molecular weight is 273 g/mol. The van der Waals surface area contributed by atoms with E-state index in [-0.39, 0.29) is 0 Å². The summed E-state index contributed by atoms with van der Waals surface area (Å²) in [7, 11) is 0. The average Bonchev–Trinajstić information content (AvgIpc) is 2.39. The SMILES string of the molecule is O=[N+]([O-])c1ccc(OCC2Cc3ccccc32)cc1F. The molecule has 2 aromatic rings. The third kappa shape index (κ3) is 2.22. The van der Waals surface area contributed by atoms with Crippen molar-refractivity contribution in [3.63, 3.8) is 0 Å². The first-order valence-corrected chi connectivity index (χ1v) is 6.29. The van der Waals surface area contributed by atoms with Gasteiger partial charge < -0.3 is 4.74 Å². The first kappa shape index (κ1) is 12.6. The van der Waals surface area contributed by atoms with Crippen molar-refractivity contribution in [3.8, 4) is 5.75 Å². The van der Waals surface area contributed by atoms with Crippen LogP contribution in [0, 0.1) is 15.9 Å². The number of nitrogens with zero attached hydrogens (tertiary/aromatic N) is 1. The maximum Gasteiger partial charge on any atom is 0.305 e. The fraction of sp³-hybridized carbons (Fsp3) is 0.200. The summed E-state index contributed by atoms with van der Waals surface area (Å²) in [4.78, 5) is 9.77. The van der Waals surface area contributed by atoms with Crippen molar-refractivity contribution in [1.82, 2.24) is 0 Å². The summed E-state index contributed by atoms with van der Waals surface area (Å²) < 4.78 is 19.0. The number of nitro groups is 1. The van der Waals surface area contributed by atoms with Gasteiger partial charge in [-0.3, -0.25) is 10.1 Å². The Hall–Kier alpha value is -2.43. The van der Waals surface area contributed by atoms with Gasteiger partial charge in [0.05, 0.1) is 11.5 Å². The summed E-state index contributed by atoms with van der Waals surface area (Å²) in [5, 5.41) is 10.5. The number of benzene rings is 2. The second-order valence-corrected chi connectivity index (χ2v) is 4.78. The topological polar surface area (TPSA) is 52.4 Å². The van der Waals surface area contributed by atoms with Gasteiger partial charge in [0.2, 0.25) is 5.82 Å². The number of nitro benzene ring substituents is 1. The smallest absolute Gasteiger partial charge is 0.305 e. The molecule has 20 heavy (non-hydrogen) atoms. The Morgan fingerprint density at radius 2 is 2.10 bits per heavy atom. The second kappa shape index (κ2) is 4.92. The Morgan fingerprint density at radius 3 is 2.80 bits per heavy atom. The molecule has 0 N–H and O–H groups in total. The summed E-state index contributed by atoms with van der Waals surface area (Å²) >= 11 is 0. The molecule has 1 aliphatic rings. The normalized spacial score (nSPS) is 16.1. The zero-order valence-electron chi connectivity index (χ0n) is 10.6. The first-order valence-electron chi connectivity index (χ1n) is 6.29. The fourth-order valence-electron chi connectivity index (χ4n) is 2.43. The Kier molecular flexibility index (Phi) is 3.10. The highest BCUT2D eigenvalue weighted by molar-refractivity contribution is 5.41. The minimum Gasteiger partial charge on any atom is -0.493 e. The van der Waals surface area contributed by atoms with Gasteiger partial charge in [-0.15, -0.1) is 0 Å². The Balaban J connectivity index is 1.66. The summed E-state index contributed by atoms with van der Waals surface area (Å²) in [6.45, 7) is 0.453. The summed E-state index contributed by atoms with van der Waals surface area (Å²) in [5.74, 6) is -0.247. The molecule has 0 aliphatic heterocycles. The van der Waals surface area contributed by atoms with E-state index in [4.69, 9.17) is 4.74 Å². The minimum absolute atomic E-state index is 0.310. The molecular weight excluding hydrogens is 261 g/mol. The van der Waals surface area contributed by atoms with E-state index in [1.165, 1.54) is 17.2 Å². The molecule has 0 heterocycles. The molecule has 1 atom stereocenters. The van der Waals surface area contributed by atoms with Gasteiger partial charge in [0.25, 0.3) is 0 Å². The van der Waals surface area contributed by atoms with Crippen molar-refractivity contribution in [2.24, 2.45) is 0 Å². The molecule has 0 aromatic heterocycles. The number of fused-ring (bicyclic) bond motifs is 1. The molecule has 0 radical (unpaired) electrons. The van der Waals surface area contributed by atoms with Crippen LogP contribution in [0.15, 0.2) is 42.5 Å². The molecule has 0 spiro atoms. The lowest BCUT2D eigenvalue weighted by Crippen LogP contribution is -2.23. The highest BCUT2D eigenvalue weighted by atomic mass is 19.1. The van der Waals surface area contributed by atoms with Crippen LogP contribution in [-0.4, -0.2) is 11.5 Å². The standard InChI is InChI=1S/C15H12FNO3/c16-14-8-12(5-6-15(14)17(18)19)20-9-11-7-10-3-1-2-4-13(10)11/h1-6,8,11H,7,9H2. The van der Waals surface area contributed by atoms with Crippen LogP contribution < -0.4 is 4.74 Å². The Labute approximate surface area is 115 Å². The molecule has 3 rings (SSSR count). The van der Waals surface area contributed by atoms with Crippen LogP contribution in [0.3, 0.4) is 0 Å². The summed E-state index contributed by atoms with van der Waals surface area (Å²) in [6.07, 6.45) is 0.950. The van der Waals surface area contributed by atoms with E-state index in [1.807, 2.05) is 12.1 Å². The van der Waals surface area contributed by atoms with Gasteiger partial charge >= 0.3 is 5.69 Å². The van der Waals surface area contributed by atoms with Gasteiger partial charge in [0, 0.05) is 18.1 Å². The highest BCUT2D eigenvalue weighted by Crippen LogP contribution is 2.35. The van der Waals surface area contributed by atoms with Crippen LogP contribution in [-0.2, 0) is 6.42 Å². The molecule has 0 bridgehead atoms. The van der Waals surface area contributed by atoms with Crippen molar-refractivity contribution >= 4 is 5.69 Å². The molecule has 5 heteroatoms. The lowest BCUT2D eigenvalue weighted by atomic mass is 9.78. The maximum absolute atomic E-state index is 13.4. The number of rotatable bonds is 4. The van der Waals surface area contributed by atoms with E-state index in [0.29, 0.717) is 18.3 Å². The molecule has 1 aliphatic carbocycles. The Morgan fingerprint density at radius 1 is 1.30 bits per heavy atom. The molecule has 0 saturated carbocycles. The monoisotopic (exact) mass is 273 g/mol. The van der Waals surface area contributed by atoms with Crippen LogP contribution in [0.1, 0.15) is 17.0 Å². The van der Waals surface area contributed by atoms with Gasteiger partial charge in [-0.2, -0.15) is 4.39 Å². The van der Waals surface area contributed by atoms with E-state index in [9.17, 15) is 14.5 Å². The van der Waals surface area contributed by atoms with Crippen LogP contribution in [0.25, 0.3) is 0 Å². The van der Waals surface area contributed by atoms with Gasteiger partial charge in [-0.05, 0) is 23.6 Å². The lowest BCUT2D eigenvalue weighted by Gasteiger charge is -2.29. The van der Waals surface area contributed by atoms with Crippen molar-refractivity contribution in [2.75, 3.05) is 6.61 Å². The summed E-state index contributed by atoms with van der Waals surface area (Å²) in [6, 6.07) is 11.7. The number of hydrogen-bond donors (Lipinski definition) is 0. The van der Waals surface area contributed by atoms with E-state index >= 15 is 0 Å². The zero-order chi connectivity index (χ0) is 14.1. The molecule has 4 nitrogen and oxygen atoms in total. The molecule has 102 valence electrons. The van der Waals surface area contributed by atoms with E-state index in [0.717, 1.165) is 18.6 Å². The van der Waals surface area contributed by atoms with Crippen molar-refractivity contribution in [1.29, 1.82) is 0 Å². The van der Waals surface area contributed by atoms with Gasteiger partial charge in [0.1, 0.15) is 5.75 Å². The zero-order valence-corrected chi connectivity index (χ0v) is 10.6. The fourth-order valence-corrected chi connectivity index (χ4v) is 2.43. The lowest BCUT2D eigenvalue weighted by molar-refractivity contribution is -0.387. The van der Waals surface area contributed by atoms with Crippen molar-refractivity contribution in [3.05, 3.63) is 69.5 Å².